The normalized spacial score (nSPS) is 17.0. The lowest BCUT2D eigenvalue weighted by Gasteiger charge is -2.31. The van der Waals surface area contributed by atoms with E-state index in [0.717, 1.165) is 37.1 Å². The number of nitrogens with one attached hydrogen (secondary N) is 2. The number of anilines is 1. The molecule has 1 aromatic rings. The third-order valence-electron chi connectivity index (χ3n) is 4.03. The summed E-state index contributed by atoms with van der Waals surface area (Å²) in [6.07, 6.45) is 4.88. The van der Waals surface area contributed by atoms with Gasteiger partial charge in [-0.2, -0.15) is 0 Å². The number of carbonyl (C=O) groups is 1. The molecular weight excluding hydrogens is 266 g/mol. The second-order valence-electron chi connectivity index (χ2n) is 5.63. The number of hydrogen-bond donors (Lipinski definition) is 3. The van der Waals surface area contributed by atoms with Gasteiger partial charge in [-0.05, 0) is 37.1 Å². The molecule has 0 aliphatic heterocycles. The van der Waals surface area contributed by atoms with E-state index >= 15 is 0 Å². The highest BCUT2D eigenvalue weighted by Gasteiger charge is 2.34. The summed E-state index contributed by atoms with van der Waals surface area (Å²) in [4.78, 5) is 12.1. The van der Waals surface area contributed by atoms with Crippen molar-refractivity contribution in [1.29, 1.82) is 0 Å². The van der Waals surface area contributed by atoms with E-state index in [-0.39, 0.29) is 5.91 Å². The molecule has 1 aliphatic carbocycles. The van der Waals surface area contributed by atoms with Gasteiger partial charge in [-0.15, -0.1) is 0 Å². The average molecular weight is 291 g/mol. The maximum absolute atomic E-state index is 12.1. The number of ether oxygens (including phenoxy) is 1. The summed E-state index contributed by atoms with van der Waals surface area (Å²) >= 11 is 0. The van der Waals surface area contributed by atoms with E-state index in [2.05, 4.69) is 10.6 Å². The van der Waals surface area contributed by atoms with E-state index < -0.39 is 5.54 Å². The third-order valence-corrected chi connectivity index (χ3v) is 4.03. The van der Waals surface area contributed by atoms with Crippen LogP contribution in [0.5, 0.6) is 5.75 Å². The van der Waals surface area contributed by atoms with Crippen LogP contribution in [0.1, 0.15) is 32.1 Å². The summed E-state index contributed by atoms with van der Waals surface area (Å²) < 4.78 is 5.11. The summed E-state index contributed by atoms with van der Waals surface area (Å²) in [6, 6.07) is 7.70. The second-order valence-corrected chi connectivity index (χ2v) is 5.63. The molecule has 0 unspecified atom stereocenters. The molecule has 2 rings (SSSR count). The Morgan fingerprint density at radius 3 is 2.48 bits per heavy atom. The van der Waals surface area contributed by atoms with Crippen LogP contribution in [-0.4, -0.2) is 31.6 Å². The molecular formula is C16H25N3O2. The van der Waals surface area contributed by atoms with Gasteiger partial charge in [0.15, 0.2) is 0 Å². The minimum Gasteiger partial charge on any atom is -0.497 e. The zero-order valence-electron chi connectivity index (χ0n) is 12.7. The lowest BCUT2D eigenvalue weighted by molar-refractivity contribution is -0.127. The van der Waals surface area contributed by atoms with Crippen LogP contribution in [-0.2, 0) is 4.79 Å². The van der Waals surface area contributed by atoms with Crippen molar-refractivity contribution in [1.82, 2.24) is 5.32 Å². The standard InChI is InChI=1S/C16H25N3O2/c1-21-14-7-5-13(6-8-14)18-11-12-19-15(20)16(17)9-3-2-4-10-16/h5-8,18H,2-4,9-12,17H2,1H3,(H,19,20). The predicted octanol–water partition coefficient (Wildman–Crippen LogP) is 1.88. The quantitative estimate of drug-likeness (QED) is 0.700. The lowest BCUT2D eigenvalue weighted by Crippen LogP contribution is -2.55. The maximum Gasteiger partial charge on any atom is 0.240 e. The van der Waals surface area contributed by atoms with Gasteiger partial charge in [0, 0.05) is 18.8 Å². The first-order chi connectivity index (χ1) is 10.1. The van der Waals surface area contributed by atoms with Crippen LogP contribution in [0, 0.1) is 0 Å². The molecule has 0 radical (unpaired) electrons. The average Bonchev–Trinajstić information content (AvgIpc) is 2.52. The van der Waals surface area contributed by atoms with Crippen molar-refractivity contribution in [3.63, 3.8) is 0 Å². The highest BCUT2D eigenvalue weighted by atomic mass is 16.5. The first-order valence-corrected chi connectivity index (χ1v) is 7.59. The fraction of sp³-hybridized carbons (Fsp3) is 0.562. The van der Waals surface area contributed by atoms with Gasteiger partial charge in [0.2, 0.25) is 5.91 Å². The van der Waals surface area contributed by atoms with Crippen LogP contribution >= 0.6 is 0 Å². The first-order valence-electron chi connectivity index (χ1n) is 7.59. The van der Waals surface area contributed by atoms with Crippen LogP contribution < -0.4 is 21.1 Å². The largest absolute Gasteiger partial charge is 0.497 e. The molecule has 0 bridgehead atoms. The Balaban J connectivity index is 1.70. The molecule has 4 N–H and O–H groups in total. The van der Waals surface area contributed by atoms with Gasteiger partial charge in [-0.25, -0.2) is 0 Å². The van der Waals surface area contributed by atoms with Crippen molar-refractivity contribution in [3.05, 3.63) is 24.3 Å². The van der Waals surface area contributed by atoms with Crippen LogP contribution in [0.15, 0.2) is 24.3 Å². The van der Waals surface area contributed by atoms with E-state index in [1.165, 1.54) is 6.42 Å². The summed E-state index contributed by atoms with van der Waals surface area (Å²) in [7, 11) is 1.64. The zero-order chi connectivity index (χ0) is 15.1. The number of amides is 1. The molecule has 1 aromatic carbocycles. The summed E-state index contributed by atoms with van der Waals surface area (Å²) in [5, 5.41) is 6.19. The van der Waals surface area contributed by atoms with Crippen molar-refractivity contribution < 1.29 is 9.53 Å². The van der Waals surface area contributed by atoms with E-state index in [4.69, 9.17) is 10.5 Å². The van der Waals surface area contributed by atoms with Gasteiger partial charge < -0.3 is 21.1 Å². The summed E-state index contributed by atoms with van der Waals surface area (Å²) in [5.41, 5.74) is 6.53. The molecule has 0 saturated heterocycles. The monoisotopic (exact) mass is 291 g/mol. The number of nitrogens with two attached hydrogens (primary N) is 1. The maximum atomic E-state index is 12.1. The predicted molar refractivity (Wildman–Crippen MR) is 84.5 cm³/mol. The number of rotatable bonds is 6. The highest BCUT2D eigenvalue weighted by Crippen LogP contribution is 2.25. The molecule has 5 heteroatoms. The highest BCUT2D eigenvalue weighted by molar-refractivity contribution is 5.86. The molecule has 0 aromatic heterocycles. The van der Waals surface area contributed by atoms with E-state index in [1.807, 2.05) is 24.3 Å². The van der Waals surface area contributed by atoms with Crippen LogP contribution in [0.25, 0.3) is 0 Å². The van der Waals surface area contributed by atoms with Crippen molar-refractivity contribution >= 4 is 11.6 Å². The fourth-order valence-electron chi connectivity index (χ4n) is 2.68. The minimum absolute atomic E-state index is 0.0151. The Morgan fingerprint density at radius 1 is 1.19 bits per heavy atom. The Morgan fingerprint density at radius 2 is 1.86 bits per heavy atom. The van der Waals surface area contributed by atoms with Crippen LogP contribution in [0.2, 0.25) is 0 Å². The fourth-order valence-corrected chi connectivity index (χ4v) is 2.68. The molecule has 1 fully saturated rings. The molecule has 21 heavy (non-hydrogen) atoms. The van der Waals surface area contributed by atoms with Crippen molar-refractivity contribution in [3.8, 4) is 5.75 Å². The Kier molecular flexibility index (Phi) is 5.44. The smallest absolute Gasteiger partial charge is 0.240 e. The van der Waals surface area contributed by atoms with E-state index in [9.17, 15) is 4.79 Å². The number of benzene rings is 1. The topological polar surface area (TPSA) is 76.4 Å². The molecule has 0 atom stereocenters. The van der Waals surface area contributed by atoms with Crippen LogP contribution in [0.3, 0.4) is 0 Å². The van der Waals surface area contributed by atoms with Gasteiger partial charge in [0.1, 0.15) is 5.75 Å². The summed E-state index contributed by atoms with van der Waals surface area (Å²) in [5.74, 6) is 0.815. The number of methoxy groups -OCH3 is 1. The Hall–Kier alpha value is -1.75. The Labute approximate surface area is 126 Å². The number of carbonyl (C=O) groups excluding carboxylic acids is 1. The second kappa shape index (κ2) is 7.31. The van der Waals surface area contributed by atoms with E-state index in [1.54, 1.807) is 7.11 Å². The molecule has 0 heterocycles. The molecule has 116 valence electrons. The van der Waals surface area contributed by atoms with Gasteiger partial charge in [-0.1, -0.05) is 19.3 Å². The first kappa shape index (κ1) is 15.6. The van der Waals surface area contributed by atoms with E-state index in [0.29, 0.717) is 13.1 Å². The SMILES string of the molecule is COc1ccc(NCCNC(=O)C2(N)CCCCC2)cc1. The van der Waals surface area contributed by atoms with Gasteiger partial charge in [0.25, 0.3) is 0 Å². The minimum atomic E-state index is -0.654. The van der Waals surface area contributed by atoms with Crippen molar-refractivity contribution in [2.24, 2.45) is 5.73 Å². The van der Waals surface area contributed by atoms with Gasteiger partial charge in [-0.3, -0.25) is 4.79 Å². The molecule has 1 amide bonds. The summed E-state index contributed by atoms with van der Waals surface area (Å²) in [6.45, 7) is 1.25. The van der Waals surface area contributed by atoms with Gasteiger partial charge >= 0.3 is 0 Å². The molecule has 1 saturated carbocycles. The van der Waals surface area contributed by atoms with Crippen molar-refractivity contribution in [2.45, 2.75) is 37.6 Å². The van der Waals surface area contributed by atoms with Gasteiger partial charge in [0.05, 0.1) is 12.6 Å². The molecule has 5 nitrogen and oxygen atoms in total. The molecule has 1 aliphatic rings. The zero-order valence-corrected chi connectivity index (χ0v) is 12.7. The lowest BCUT2D eigenvalue weighted by atomic mass is 9.82. The van der Waals surface area contributed by atoms with Crippen LogP contribution in [0.4, 0.5) is 5.69 Å². The Bertz CT molecular complexity index is 453. The molecule has 0 spiro atoms. The third kappa shape index (κ3) is 4.36. The van der Waals surface area contributed by atoms with Crippen molar-refractivity contribution in [2.75, 3.05) is 25.5 Å². The number of hydrogen-bond acceptors (Lipinski definition) is 4.